The van der Waals surface area contributed by atoms with Crippen molar-refractivity contribution in [3.8, 4) is 5.75 Å². The van der Waals surface area contributed by atoms with Gasteiger partial charge in [-0.25, -0.2) is 26.7 Å². The molecule has 0 amide bonds. The number of aromatic hydroxyl groups is 1. The van der Waals surface area contributed by atoms with Gasteiger partial charge in [0.1, 0.15) is 16.9 Å². The van der Waals surface area contributed by atoms with Crippen LogP contribution in [0.4, 0.5) is 22.0 Å². The minimum atomic E-state index is -2.78. The predicted molar refractivity (Wildman–Crippen MR) is 263 cm³/mol. The van der Waals surface area contributed by atoms with E-state index >= 15 is 0 Å². The largest absolute Gasteiger partial charge is 0.506 e. The van der Waals surface area contributed by atoms with Crippen molar-refractivity contribution in [1.29, 1.82) is 0 Å². The molecule has 0 fully saturated rings. The maximum atomic E-state index is 14.0. The molecule has 0 unspecified atom stereocenters. The molecule has 14 heteroatoms. The minimum Gasteiger partial charge on any atom is -0.506 e. The number of rotatable bonds is 8. The van der Waals surface area contributed by atoms with E-state index in [1.165, 1.54) is 12.1 Å². The van der Waals surface area contributed by atoms with Crippen LogP contribution >= 0.6 is 14.3 Å². The third-order valence-electron chi connectivity index (χ3n) is 11.2. The Labute approximate surface area is 439 Å². The first-order valence-electron chi connectivity index (χ1n) is 21.1. The molecule has 10 aromatic rings. The van der Waals surface area contributed by atoms with Gasteiger partial charge in [0, 0.05) is 81.2 Å². The summed E-state index contributed by atoms with van der Waals surface area (Å²) in [7, 11) is -5.55. The van der Waals surface area contributed by atoms with E-state index in [9.17, 15) is 45.8 Å². The van der Waals surface area contributed by atoms with Crippen molar-refractivity contribution >= 4 is 73.6 Å². The molecule has 0 saturated carbocycles. The zero-order chi connectivity index (χ0) is 48.7. The fourth-order valence-corrected chi connectivity index (χ4v) is 13.1. The molecule has 0 aliphatic carbocycles. The van der Waals surface area contributed by atoms with Gasteiger partial charge in [0.15, 0.2) is 43.1 Å². The number of hydrogen-bond donors (Lipinski definition) is 1. The van der Waals surface area contributed by atoms with E-state index in [2.05, 4.69) is 0 Å². The molecule has 9 aromatic carbocycles. The first kappa shape index (κ1) is 51.5. The van der Waals surface area contributed by atoms with Crippen LogP contribution in [0.3, 0.4) is 0 Å². The number of ketones is 1. The SMILES string of the molecule is O=C(c1c(F)c(F)c(F)c(F)c1F)c1c(O)c2c(ccc3ccccc32)oc1=O.O=P(c1ccccc1)(c1ccccc1)c1ccccc1.O=P(c1ccccc1)(c1ccccc1)c1ccccc1.[Eu]. The summed E-state index contributed by atoms with van der Waals surface area (Å²) in [6, 6.07) is 67.6. The van der Waals surface area contributed by atoms with E-state index in [4.69, 9.17) is 4.42 Å². The quantitative estimate of drug-likeness (QED) is 0.0309. The Bertz CT molecular complexity index is 3240. The number of carbonyl (C=O) groups excluding carboxylic acids is 1. The number of benzene rings is 9. The normalized spacial score (nSPS) is 11.1. The summed E-state index contributed by atoms with van der Waals surface area (Å²) in [5.74, 6) is -14.9. The summed E-state index contributed by atoms with van der Waals surface area (Å²) in [6.07, 6.45) is 0. The van der Waals surface area contributed by atoms with Gasteiger partial charge in [-0.1, -0.05) is 212 Å². The van der Waals surface area contributed by atoms with Gasteiger partial charge in [-0.2, -0.15) is 0 Å². The molecule has 0 saturated heterocycles. The molecule has 0 aliphatic heterocycles. The molecule has 6 nitrogen and oxygen atoms in total. The Morgan fingerprint density at radius 3 is 1.04 bits per heavy atom. The van der Waals surface area contributed by atoms with Gasteiger partial charge < -0.3 is 18.7 Å². The third-order valence-corrected chi connectivity index (χ3v) is 17.3. The first-order chi connectivity index (χ1) is 33.4. The predicted octanol–water partition coefficient (Wildman–Crippen LogP) is 11.2. The number of fused-ring (bicyclic) bond motifs is 3. The third kappa shape index (κ3) is 10.1. The van der Waals surface area contributed by atoms with E-state index < -0.39 is 71.7 Å². The molecule has 0 spiro atoms. The molecule has 70 heavy (non-hydrogen) atoms. The second-order valence-electron chi connectivity index (χ2n) is 15.3. The van der Waals surface area contributed by atoms with Gasteiger partial charge in [0.25, 0.3) is 0 Å². The van der Waals surface area contributed by atoms with Gasteiger partial charge in [-0.15, -0.1) is 0 Å². The first-order valence-corrected chi connectivity index (χ1v) is 24.6. The fourth-order valence-electron chi connectivity index (χ4n) is 7.80. The standard InChI is InChI=1S/C20H7F5O4.2C18H15OP.Eu/c21-13-11(14(22)16(24)17(25)15(13)23)19(27)12-18(26)10-8-4-2-1-3-7(8)5-6-9(10)29-20(12)28;2*19-20(16-10-4-1-5-11-16,17-12-6-2-7-13-17)18-14-8-3-9-15-18;/h1-6,26H;2*1-15H;. The average Bonchev–Trinajstić information content (AvgIpc) is 3.41. The van der Waals surface area contributed by atoms with Crippen LogP contribution in [0.25, 0.3) is 21.7 Å². The average molecular weight is 1110 g/mol. The van der Waals surface area contributed by atoms with E-state index in [0.29, 0.717) is 10.8 Å². The Balaban J connectivity index is 0.000000158. The minimum absolute atomic E-state index is 0. The summed E-state index contributed by atoms with van der Waals surface area (Å²) >= 11 is 0. The monoisotopic (exact) mass is 1120 g/mol. The van der Waals surface area contributed by atoms with Gasteiger partial charge in [-0.3, -0.25) is 4.79 Å². The number of halogens is 5. The Morgan fingerprint density at radius 2 is 0.700 bits per heavy atom. The number of hydrogen-bond acceptors (Lipinski definition) is 6. The van der Waals surface area contributed by atoms with E-state index in [1.54, 1.807) is 24.3 Å². The maximum absolute atomic E-state index is 14.0. The van der Waals surface area contributed by atoms with E-state index in [0.717, 1.165) is 31.8 Å². The van der Waals surface area contributed by atoms with Crippen molar-refractivity contribution in [2.75, 3.05) is 0 Å². The van der Waals surface area contributed by atoms with Crippen molar-refractivity contribution in [1.82, 2.24) is 0 Å². The van der Waals surface area contributed by atoms with Gasteiger partial charge >= 0.3 is 5.63 Å². The number of carbonyl (C=O) groups is 1. The molecule has 0 aliphatic rings. The molecule has 1 N–H and O–H groups in total. The van der Waals surface area contributed by atoms with E-state index in [1.807, 2.05) is 182 Å². The molecule has 349 valence electrons. The van der Waals surface area contributed by atoms with Crippen LogP contribution in [0, 0.1) is 78.5 Å². The van der Waals surface area contributed by atoms with Crippen LogP contribution in [0.5, 0.6) is 5.75 Å². The van der Waals surface area contributed by atoms with Crippen molar-refractivity contribution < 1.29 is 94.8 Å². The van der Waals surface area contributed by atoms with Gasteiger partial charge in [0.2, 0.25) is 11.6 Å². The maximum Gasteiger partial charge on any atom is 0.351 e. The second kappa shape index (κ2) is 22.6. The van der Waals surface area contributed by atoms with Crippen molar-refractivity contribution in [3.05, 3.63) is 269 Å². The van der Waals surface area contributed by atoms with Crippen molar-refractivity contribution in [3.63, 3.8) is 0 Å². The molecular formula is C56H37EuF5O6P2. The zero-order valence-electron chi connectivity index (χ0n) is 36.4. The van der Waals surface area contributed by atoms with Gasteiger partial charge in [0.05, 0.1) is 5.39 Å². The molecule has 0 bridgehead atoms. The summed E-state index contributed by atoms with van der Waals surface area (Å²) < 4.78 is 101. The Hall–Kier alpha value is -6.39. The van der Waals surface area contributed by atoms with Crippen molar-refractivity contribution in [2.24, 2.45) is 0 Å². The molecule has 10 rings (SSSR count). The van der Waals surface area contributed by atoms with Crippen LogP contribution in [0.15, 0.2) is 228 Å². The smallest absolute Gasteiger partial charge is 0.351 e. The summed E-state index contributed by atoms with van der Waals surface area (Å²) in [5, 5.41) is 16.6. The summed E-state index contributed by atoms with van der Waals surface area (Å²) in [6.45, 7) is 0. The fraction of sp³-hybridized carbons (Fsp3) is 0. The van der Waals surface area contributed by atoms with Crippen LogP contribution in [-0.2, 0) is 9.13 Å². The zero-order valence-corrected chi connectivity index (χ0v) is 40.6. The Morgan fingerprint density at radius 1 is 0.400 bits per heavy atom. The molecule has 1 radical (unpaired) electrons. The second-order valence-corrected chi connectivity index (χ2v) is 20.8. The molecule has 1 heterocycles. The van der Waals surface area contributed by atoms with Crippen LogP contribution in [-0.4, -0.2) is 10.9 Å². The van der Waals surface area contributed by atoms with E-state index in [-0.39, 0.29) is 60.3 Å². The Kier molecular flexibility index (Phi) is 16.6. The summed E-state index contributed by atoms with van der Waals surface area (Å²) in [4.78, 5) is 24.8. The van der Waals surface area contributed by atoms with Crippen LogP contribution in [0.2, 0.25) is 0 Å². The van der Waals surface area contributed by atoms with Crippen molar-refractivity contribution in [2.45, 2.75) is 0 Å². The van der Waals surface area contributed by atoms with Crippen LogP contribution < -0.4 is 37.5 Å². The molecule has 1 aromatic heterocycles. The summed E-state index contributed by atoms with van der Waals surface area (Å²) in [5.41, 5.74) is -4.76. The molecule has 0 atom stereocenters. The van der Waals surface area contributed by atoms with Gasteiger partial charge in [-0.05, 0) is 16.8 Å². The molecular weight excluding hydrogens is 1080 g/mol. The topological polar surface area (TPSA) is 102 Å². The van der Waals surface area contributed by atoms with Crippen LogP contribution in [0.1, 0.15) is 15.9 Å².